The highest BCUT2D eigenvalue weighted by Crippen LogP contribution is 2.33. The van der Waals surface area contributed by atoms with E-state index in [0.717, 1.165) is 67.2 Å². The van der Waals surface area contributed by atoms with Crippen LogP contribution >= 0.6 is 0 Å². The Labute approximate surface area is 231 Å². The van der Waals surface area contributed by atoms with Gasteiger partial charge in [0.2, 0.25) is 0 Å². The van der Waals surface area contributed by atoms with Crippen molar-refractivity contribution in [2.45, 2.75) is 66.6 Å². The number of aromatic amines is 1. The van der Waals surface area contributed by atoms with Gasteiger partial charge in [-0.25, -0.2) is 4.98 Å². The highest BCUT2D eigenvalue weighted by molar-refractivity contribution is 5.91. The van der Waals surface area contributed by atoms with Gasteiger partial charge in [-0.3, -0.25) is 4.79 Å². The van der Waals surface area contributed by atoms with Gasteiger partial charge in [0.05, 0.1) is 0 Å². The molecule has 39 heavy (non-hydrogen) atoms. The molecular formula is C32H42N6O. The second-order valence-corrected chi connectivity index (χ2v) is 11.1. The van der Waals surface area contributed by atoms with Crippen LogP contribution in [0.2, 0.25) is 0 Å². The van der Waals surface area contributed by atoms with Crippen LogP contribution in [0.4, 0.5) is 5.82 Å². The fourth-order valence-corrected chi connectivity index (χ4v) is 5.85. The lowest BCUT2D eigenvalue weighted by atomic mass is 9.99. The molecule has 206 valence electrons. The first-order chi connectivity index (χ1) is 18.9. The first-order valence-corrected chi connectivity index (χ1v) is 14.3. The van der Waals surface area contributed by atoms with Gasteiger partial charge in [0.1, 0.15) is 5.82 Å². The Hall–Kier alpha value is -3.42. The summed E-state index contributed by atoms with van der Waals surface area (Å²) in [7, 11) is 0. The number of aromatic nitrogens is 3. The predicted octanol–water partition coefficient (Wildman–Crippen LogP) is 5.24. The molecule has 1 aromatic carbocycles. The van der Waals surface area contributed by atoms with E-state index in [2.05, 4.69) is 89.3 Å². The molecule has 0 aliphatic carbocycles. The first kappa shape index (κ1) is 27.2. The molecule has 0 bridgehead atoms. The Bertz CT molecular complexity index is 1490. The van der Waals surface area contributed by atoms with Gasteiger partial charge in [-0.2, -0.15) is 0 Å². The van der Waals surface area contributed by atoms with Crippen LogP contribution in [0, 0.1) is 13.8 Å². The molecule has 1 fully saturated rings. The highest BCUT2D eigenvalue weighted by atomic mass is 16.1. The minimum absolute atomic E-state index is 0.0163. The fourth-order valence-electron chi connectivity index (χ4n) is 5.85. The lowest BCUT2D eigenvalue weighted by molar-refractivity contribution is 0.585. The van der Waals surface area contributed by atoms with Crippen LogP contribution in [-0.2, 0) is 19.5 Å². The number of hydrogen-bond donors (Lipinski definition) is 3. The highest BCUT2D eigenvalue weighted by Gasteiger charge is 2.16. The number of nitrogens with one attached hydrogen (secondary N) is 3. The molecule has 0 atom stereocenters. The van der Waals surface area contributed by atoms with E-state index in [1.165, 1.54) is 27.6 Å². The monoisotopic (exact) mass is 526 g/mol. The van der Waals surface area contributed by atoms with Gasteiger partial charge in [0.25, 0.3) is 5.56 Å². The molecule has 0 amide bonds. The molecule has 0 unspecified atom stereocenters. The first-order valence-electron chi connectivity index (χ1n) is 14.3. The molecule has 3 aromatic heterocycles. The zero-order chi connectivity index (χ0) is 27.5. The van der Waals surface area contributed by atoms with E-state index in [-0.39, 0.29) is 5.56 Å². The maximum atomic E-state index is 12.8. The normalized spacial score (nSPS) is 14.1. The maximum absolute atomic E-state index is 12.8. The predicted molar refractivity (Wildman–Crippen MR) is 162 cm³/mol. The number of fused-ring (bicyclic) bond motifs is 1. The van der Waals surface area contributed by atoms with Crippen molar-refractivity contribution in [1.29, 1.82) is 0 Å². The van der Waals surface area contributed by atoms with Crippen molar-refractivity contribution in [2.75, 3.05) is 31.1 Å². The molecule has 1 aliphatic rings. The van der Waals surface area contributed by atoms with Crippen LogP contribution in [0.15, 0.2) is 47.5 Å². The summed E-state index contributed by atoms with van der Waals surface area (Å²) in [5.74, 6) is 1.04. The summed E-state index contributed by atoms with van der Waals surface area (Å²) in [6, 6.07) is 11.4. The van der Waals surface area contributed by atoms with E-state index in [1.54, 1.807) is 0 Å². The second kappa shape index (κ2) is 11.8. The van der Waals surface area contributed by atoms with Gasteiger partial charge in [0.15, 0.2) is 0 Å². The Morgan fingerprint density at radius 2 is 1.82 bits per heavy atom. The zero-order valence-corrected chi connectivity index (χ0v) is 24.0. The molecule has 7 heteroatoms. The largest absolute Gasteiger partial charge is 0.354 e. The van der Waals surface area contributed by atoms with E-state index in [1.807, 2.05) is 13.1 Å². The lowest BCUT2D eigenvalue weighted by Crippen LogP contribution is -2.43. The lowest BCUT2D eigenvalue weighted by Gasteiger charge is -2.28. The van der Waals surface area contributed by atoms with Crippen molar-refractivity contribution in [3.8, 4) is 11.1 Å². The summed E-state index contributed by atoms with van der Waals surface area (Å²) >= 11 is 0. The van der Waals surface area contributed by atoms with Crippen LogP contribution in [-0.4, -0.2) is 40.7 Å². The Morgan fingerprint density at radius 3 is 2.51 bits per heavy atom. The van der Waals surface area contributed by atoms with Crippen molar-refractivity contribution < 1.29 is 0 Å². The number of pyridine rings is 2. The molecule has 0 spiro atoms. The number of benzene rings is 1. The molecule has 1 aliphatic heterocycles. The van der Waals surface area contributed by atoms with Crippen LogP contribution in [0.1, 0.15) is 61.2 Å². The third kappa shape index (κ3) is 5.80. The average Bonchev–Trinajstić information content (AvgIpc) is 3.27. The van der Waals surface area contributed by atoms with Crippen LogP contribution < -0.4 is 21.1 Å². The SMILES string of the molecule is CCCc1cc(C)[nH]c(=O)c1CNCc1cc(-c2ccc(N3CCNCC3)nc2)cc2c1c(C)cn2C(C)C. The van der Waals surface area contributed by atoms with Gasteiger partial charge < -0.3 is 25.1 Å². The van der Waals surface area contributed by atoms with Crippen molar-refractivity contribution in [3.05, 3.63) is 81.0 Å². The molecule has 0 saturated carbocycles. The summed E-state index contributed by atoms with van der Waals surface area (Å²) in [6.07, 6.45) is 6.20. The van der Waals surface area contributed by atoms with Crippen LogP contribution in [0.5, 0.6) is 0 Å². The number of H-pyrrole nitrogens is 1. The number of anilines is 1. The van der Waals surface area contributed by atoms with Crippen molar-refractivity contribution in [3.63, 3.8) is 0 Å². The quantitative estimate of drug-likeness (QED) is 0.278. The molecule has 4 aromatic rings. The standard InChI is InChI=1S/C32H42N6O/c1-6-7-24-14-23(5)36-32(39)28(24)19-34-17-27-15-26(16-29-31(27)22(4)20-38(29)21(2)3)25-8-9-30(35-18-25)37-12-10-33-11-13-37/h8-9,14-16,18,20-21,33-34H,6-7,10-13,17,19H2,1-5H3,(H,36,39). The zero-order valence-electron chi connectivity index (χ0n) is 24.0. The minimum atomic E-state index is 0.0163. The third-order valence-corrected chi connectivity index (χ3v) is 7.78. The number of hydrogen-bond acceptors (Lipinski definition) is 5. The van der Waals surface area contributed by atoms with Gasteiger partial charge in [-0.05, 0) is 86.7 Å². The Balaban J connectivity index is 1.47. The van der Waals surface area contributed by atoms with E-state index >= 15 is 0 Å². The molecule has 4 heterocycles. The summed E-state index contributed by atoms with van der Waals surface area (Å²) < 4.78 is 2.37. The van der Waals surface area contributed by atoms with Gasteiger partial charge in [-0.15, -0.1) is 0 Å². The van der Waals surface area contributed by atoms with Crippen molar-refractivity contribution in [1.82, 2.24) is 25.2 Å². The second-order valence-electron chi connectivity index (χ2n) is 11.1. The number of aryl methyl sites for hydroxylation is 3. The minimum Gasteiger partial charge on any atom is -0.354 e. The van der Waals surface area contributed by atoms with Crippen molar-refractivity contribution >= 4 is 16.7 Å². The summed E-state index contributed by atoms with van der Waals surface area (Å²) in [6.45, 7) is 15.9. The topological polar surface area (TPSA) is 78.0 Å². The van der Waals surface area contributed by atoms with Crippen LogP contribution in [0.25, 0.3) is 22.0 Å². The molecule has 3 N–H and O–H groups in total. The van der Waals surface area contributed by atoms with Gasteiger partial charge >= 0.3 is 0 Å². The fraction of sp³-hybridized carbons (Fsp3) is 0.438. The molecule has 1 saturated heterocycles. The number of rotatable bonds is 9. The summed E-state index contributed by atoms with van der Waals surface area (Å²) in [5.41, 5.74) is 8.96. The molecule has 7 nitrogen and oxygen atoms in total. The van der Waals surface area contributed by atoms with Crippen molar-refractivity contribution in [2.24, 2.45) is 0 Å². The Kier molecular flexibility index (Phi) is 8.19. The Morgan fingerprint density at radius 1 is 1.03 bits per heavy atom. The van der Waals surface area contributed by atoms with Gasteiger partial charge in [-0.1, -0.05) is 13.3 Å². The van der Waals surface area contributed by atoms with E-state index < -0.39 is 0 Å². The molecule has 5 rings (SSSR count). The maximum Gasteiger partial charge on any atom is 0.252 e. The average molecular weight is 527 g/mol. The van der Waals surface area contributed by atoms with E-state index in [0.29, 0.717) is 19.1 Å². The molecular weight excluding hydrogens is 484 g/mol. The number of nitrogens with zero attached hydrogens (tertiary/aromatic N) is 3. The van der Waals surface area contributed by atoms with Crippen LogP contribution in [0.3, 0.4) is 0 Å². The van der Waals surface area contributed by atoms with Gasteiger partial charge in [0, 0.05) is 85.4 Å². The smallest absolute Gasteiger partial charge is 0.252 e. The molecule has 0 radical (unpaired) electrons. The summed E-state index contributed by atoms with van der Waals surface area (Å²) in [4.78, 5) is 23.0. The van der Waals surface area contributed by atoms with E-state index in [9.17, 15) is 4.79 Å². The summed E-state index contributed by atoms with van der Waals surface area (Å²) in [5, 5.41) is 8.30. The van der Waals surface area contributed by atoms with E-state index in [4.69, 9.17) is 4.98 Å². The number of piperazine rings is 1. The third-order valence-electron chi connectivity index (χ3n) is 7.78.